The number of hydrogen-bond donors (Lipinski definition) is 10. The lowest BCUT2D eigenvalue weighted by molar-refractivity contribution is -0.360. The van der Waals surface area contributed by atoms with Gasteiger partial charge in [-0.25, -0.2) is 4.57 Å². The summed E-state index contributed by atoms with van der Waals surface area (Å²) in [6, 6.07) is 0. The first-order valence-electron chi connectivity index (χ1n) is 47.1. The Bertz CT molecular complexity index is 2530. The van der Waals surface area contributed by atoms with Crippen LogP contribution in [0.3, 0.4) is 0 Å². The number of carbonyl (C=O) groups is 4. The molecule has 25 nitrogen and oxygen atoms in total. The highest BCUT2D eigenvalue weighted by molar-refractivity contribution is 7.47. The van der Waals surface area contributed by atoms with Gasteiger partial charge in [-0.3, -0.25) is 28.2 Å². The van der Waals surface area contributed by atoms with E-state index in [4.69, 9.17) is 46.9 Å². The maximum Gasteiger partial charge on any atom is 0.472 e. The Morgan fingerprint density at radius 1 is 0.333 bits per heavy atom. The van der Waals surface area contributed by atoms with E-state index >= 15 is 0 Å². The summed E-state index contributed by atoms with van der Waals surface area (Å²) in [6.07, 6.45) is 30.2. The quantitative estimate of drug-likeness (QED) is 0.00889. The zero-order valence-electron chi connectivity index (χ0n) is 73.0. The van der Waals surface area contributed by atoms with Crippen LogP contribution in [0.5, 0.6) is 0 Å². The third-order valence-electron chi connectivity index (χ3n) is 22.9. The van der Waals surface area contributed by atoms with Gasteiger partial charge in [-0.1, -0.05) is 322 Å². The number of rotatable bonds is 76. The molecular formula is C91H167O25P. The highest BCUT2D eigenvalue weighted by Gasteiger charge is 2.60. The molecule has 18 unspecified atom stereocenters. The van der Waals surface area contributed by atoms with Gasteiger partial charge in [-0.2, -0.15) is 0 Å². The molecule has 0 aromatic carbocycles. The standard InChI is InChI=1S/C91H167O25P/c1-5-9-13-17-21-25-29-33-36-40-44-47-51-55-59-63-74(93)107-68-71(110-76(95)65-61-57-53-49-45-41-37-34-30-26-22-18-14-10-6-2)69-109-117(105,106)116-89-87(114-90-84(103)80(99)78(97)72(67-92)111-90)83(102)82(101)86(113-77(96)66-62-58-54-50-46-42-38-35-31-27-23-19-15-11-7-3)88(89)115-91-85(104)81(100)79(98)73(112-91)70-108-75(94)64-60-56-52-48-43-39-32-28-24-20-16-12-8-4/h25-26,29-30,71-73,78-92,97-104H,5-24,27-28,31-70H2,1-4H3,(H,105,106)/b29-25-,30-26-. The van der Waals surface area contributed by atoms with E-state index in [1.165, 1.54) is 148 Å². The number of allylic oxidation sites excluding steroid dienone is 4. The molecule has 1 saturated carbocycles. The fourth-order valence-electron chi connectivity index (χ4n) is 15.4. The Labute approximate surface area is 704 Å². The third-order valence-corrected chi connectivity index (χ3v) is 23.9. The summed E-state index contributed by atoms with van der Waals surface area (Å²) in [5, 5.41) is 102. The van der Waals surface area contributed by atoms with Crippen molar-refractivity contribution in [3.63, 3.8) is 0 Å². The van der Waals surface area contributed by atoms with Gasteiger partial charge in [-0.05, 0) is 77.0 Å². The molecule has 2 heterocycles. The van der Waals surface area contributed by atoms with Crippen molar-refractivity contribution in [2.24, 2.45) is 0 Å². The number of esters is 4. The molecular weight excluding hydrogens is 1520 g/mol. The SMILES string of the molecule is CCCCCC/C=C\CCCCCCCCCC(=O)OCC(COP(=O)(O)OC1C(OC2OC(CO)C(O)C(O)C2O)C(O)C(O)C(OC(=O)CCCCCCCCCCCCCCCCC)C1OC1OC(COC(=O)CCCCCCCCCCCCCCC)C(O)C(O)C1O)OC(=O)CCCCCCCCC/C=C\CCCCCC. The zero-order chi connectivity index (χ0) is 85.4. The molecule has 3 fully saturated rings. The Hall–Kier alpha value is -3.05. The van der Waals surface area contributed by atoms with Gasteiger partial charge in [0.25, 0.3) is 0 Å². The van der Waals surface area contributed by atoms with Crippen molar-refractivity contribution in [2.45, 2.75) is 504 Å². The molecule has 0 bridgehead atoms. The second-order valence-electron chi connectivity index (χ2n) is 33.5. The van der Waals surface area contributed by atoms with Gasteiger partial charge in [0.05, 0.1) is 13.2 Å². The minimum absolute atomic E-state index is 0.0173. The number of unbranched alkanes of at least 4 members (excludes halogenated alkanes) is 48. The van der Waals surface area contributed by atoms with E-state index in [1.807, 2.05) is 0 Å². The van der Waals surface area contributed by atoms with Crippen molar-refractivity contribution in [1.82, 2.24) is 0 Å². The Balaban J connectivity index is 1.92. The molecule has 26 heteroatoms. The molecule has 3 rings (SSSR count). The van der Waals surface area contributed by atoms with Crippen molar-refractivity contribution < 1.29 is 122 Å². The monoisotopic (exact) mass is 1690 g/mol. The average Bonchev–Trinajstić information content (AvgIpc) is 0.755. The fraction of sp³-hybridized carbons (Fsp3) is 0.912. The molecule has 0 amide bonds. The number of phosphoric ester groups is 1. The van der Waals surface area contributed by atoms with Crippen LogP contribution in [0.1, 0.15) is 400 Å². The van der Waals surface area contributed by atoms with E-state index in [-0.39, 0.29) is 25.7 Å². The molecule has 10 N–H and O–H groups in total. The molecule has 117 heavy (non-hydrogen) atoms. The van der Waals surface area contributed by atoms with Crippen LogP contribution in [0.15, 0.2) is 24.3 Å². The minimum atomic E-state index is -5.81. The summed E-state index contributed by atoms with van der Waals surface area (Å²) in [5.74, 6) is -2.97. The average molecular weight is 1690 g/mol. The molecule has 0 aromatic heterocycles. The molecule has 2 saturated heterocycles. The van der Waals surface area contributed by atoms with E-state index in [1.54, 1.807) is 0 Å². The molecule has 3 aliphatic rings. The van der Waals surface area contributed by atoms with E-state index in [2.05, 4.69) is 52.0 Å². The normalized spacial score (nSPS) is 25.1. The number of phosphoric acid groups is 1. The van der Waals surface area contributed by atoms with E-state index in [0.29, 0.717) is 38.5 Å². The minimum Gasteiger partial charge on any atom is -0.463 e. The first-order valence-corrected chi connectivity index (χ1v) is 48.6. The molecule has 0 spiro atoms. The molecule has 0 aromatic rings. The van der Waals surface area contributed by atoms with Gasteiger partial charge in [0.15, 0.2) is 24.8 Å². The molecule has 1 aliphatic carbocycles. The van der Waals surface area contributed by atoms with Crippen LogP contribution in [-0.2, 0) is 70.7 Å². The lowest BCUT2D eigenvalue weighted by Crippen LogP contribution is -2.70. The lowest BCUT2D eigenvalue weighted by atomic mass is 9.84. The largest absolute Gasteiger partial charge is 0.472 e. The second-order valence-corrected chi connectivity index (χ2v) is 34.9. The number of hydrogen-bond acceptors (Lipinski definition) is 24. The smallest absolute Gasteiger partial charge is 0.463 e. The van der Waals surface area contributed by atoms with Crippen LogP contribution >= 0.6 is 7.82 Å². The highest BCUT2D eigenvalue weighted by atomic mass is 31.2. The van der Waals surface area contributed by atoms with Crippen LogP contribution < -0.4 is 0 Å². The van der Waals surface area contributed by atoms with Crippen LogP contribution in [0, 0.1) is 0 Å². The maximum atomic E-state index is 14.9. The first kappa shape index (κ1) is 108. The van der Waals surface area contributed by atoms with Crippen molar-refractivity contribution in [3.05, 3.63) is 24.3 Å². The Morgan fingerprint density at radius 2 is 0.641 bits per heavy atom. The van der Waals surface area contributed by atoms with Gasteiger partial charge in [0.1, 0.15) is 92.6 Å². The molecule has 2 aliphatic heterocycles. The van der Waals surface area contributed by atoms with Crippen molar-refractivity contribution in [2.75, 3.05) is 26.4 Å². The van der Waals surface area contributed by atoms with Crippen molar-refractivity contribution in [3.8, 4) is 0 Å². The molecule has 0 radical (unpaired) electrons. The Kier molecular flexibility index (Phi) is 64.9. The number of aliphatic hydroxyl groups is 9. The maximum absolute atomic E-state index is 14.9. The van der Waals surface area contributed by atoms with Crippen molar-refractivity contribution >= 4 is 31.7 Å². The van der Waals surface area contributed by atoms with E-state index in [0.717, 1.165) is 161 Å². The van der Waals surface area contributed by atoms with Crippen molar-refractivity contribution in [1.29, 1.82) is 0 Å². The van der Waals surface area contributed by atoms with Gasteiger partial charge in [0, 0.05) is 25.7 Å². The van der Waals surface area contributed by atoms with E-state index < -0.39 is 162 Å². The van der Waals surface area contributed by atoms with Crippen LogP contribution in [0.25, 0.3) is 0 Å². The first-order chi connectivity index (χ1) is 56.7. The van der Waals surface area contributed by atoms with Gasteiger partial charge in [-0.15, -0.1) is 0 Å². The lowest BCUT2D eigenvalue weighted by Gasteiger charge is -2.50. The molecule has 686 valence electrons. The third kappa shape index (κ3) is 50.5. The Morgan fingerprint density at radius 3 is 1.03 bits per heavy atom. The van der Waals surface area contributed by atoms with Gasteiger partial charge in [0.2, 0.25) is 0 Å². The van der Waals surface area contributed by atoms with Gasteiger partial charge >= 0.3 is 31.7 Å². The predicted molar refractivity (Wildman–Crippen MR) is 453 cm³/mol. The van der Waals surface area contributed by atoms with Crippen LogP contribution in [0.4, 0.5) is 0 Å². The summed E-state index contributed by atoms with van der Waals surface area (Å²) in [6.45, 7) is 5.57. The second kappa shape index (κ2) is 70.3. The van der Waals surface area contributed by atoms with E-state index in [9.17, 15) is 74.6 Å². The summed E-state index contributed by atoms with van der Waals surface area (Å²) in [4.78, 5) is 66.4. The van der Waals surface area contributed by atoms with Crippen LogP contribution in [0.2, 0.25) is 0 Å². The summed E-state index contributed by atoms with van der Waals surface area (Å²) in [5.41, 5.74) is 0. The fourth-order valence-corrected chi connectivity index (χ4v) is 16.4. The van der Waals surface area contributed by atoms with Crippen LogP contribution in [-0.4, -0.2) is 205 Å². The summed E-state index contributed by atoms with van der Waals surface area (Å²) >= 11 is 0. The summed E-state index contributed by atoms with van der Waals surface area (Å²) in [7, 11) is -5.81. The summed E-state index contributed by atoms with van der Waals surface area (Å²) < 4.78 is 73.4. The zero-order valence-corrected chi connectivity index (χ0v) is 73.9. The topological polar surface area (TPSA) is 380 Å². The molecule has 18 atom stereocenters. The number of carbonyl (C=O) groups excluding carboxylic acids is 4. The van der Waals surface area contributed by atoms with Gasteiger partial charge < -0.3 is 88.7 Å². The highest BCUT2D eigenvalue weighted by Crippen LogP contribution is 2.49. The number of ether oxygens (including phenoxy) is 8. The number of aliphatic hydroxyl groups excluding tert-OH is 9. The predicted octanol–water partition coefficient (Wildman–Crippen LogP) is 17.3.